The van der Waals surface area contributed by atoms with Crippen molar-refractivity contribution in [1.29, 1.82) is 0 Å². The highest BCUT2D eigenvalue weighted by molar-refractivity contribution is 9.10. The highest BCUT2D eigenvalue weighted by Crippen LogP contribution is 2.32. The van der Waals surface area contributed by atoms with E-state index in [1.807, 2.05) is 4.90 Å². The van der Waals surface area contributed by atoms with Gasteiger partial charge in [-0.15, -0.1) is 0 Å². The lowest BCUT2D eigenvalue weighted by Crippen LogP contribution is -2.64. The van der Waals surface area contributed by atoms with Crippen molar-refractivity contribution in [2.75, 3.05) is 18.0 Å². The van der Waals surface area contributed by atoms with Gasteiger partial charge in [-0.1, -0.05) is 20.8 Å². The molecule has 0 aromatic heterocycles. The number of nitrogens with zero attached hydrogens (tertiary/aromatic N) is 1. The Labute approximate surface area is 134 Å². The molecule has 2 nitrogen and oxygen atoms in total. The maximum Gasteiger partial charge on any atom is 0.147 e. The molecule has 1 heterocycles. The fourth-order valence-electron chi connectivity index (χ4n) is 3.06. The average Bonchev–Trinajstić information content (AvgIpc) is 2.50. The number of piperazine rings is 1. The van der Waals surface area contributed by atoms with Crippen LogP contribution in [0.15, 0.2) is 16.6 Å². The predicted octanol–water partition coefficient (Wildman–Crippen LogP) is 4.47. The summed E-state index contributed by atoms with van der Waals surface area (Å²) in [6.07, 6.45) is 2.84. The first kappa shape index (κ1) is 16.7. The molecule has 0 radical (unpaired) electrons. The Hall–Kier alpha value is -0.680. The Kier molecular flexibility index (Phi) is 5.25. The number of benzene rings is 1. The summed E-state index contributed by atoms with van der Waals surface area (Å²) in [5.74, 6) is -0.789. The van der Waals surface area contributed by atoms with Gasteiger partial charge in [0.15, 0.2) is 0 Å². The molecule has 1 aromatic carbocycles. The van der Waals surface area contributed by atoms with E-state index >= 15 is 0 Å². The Morgan fingerprint density at radius 2 is 1.90 bits per heavy atom. The van der Waals surface area contributed by atoms with Gasteiger partial charge in [-0.3, -0.25) is 0 Å². The molecule has 0 bridgehead atoms. The van der Waals surface area contributed by atoms with E-state index in [2.05, 4.69) is 42.0 Å². The SMILES string of the molecule is CCC1CNC(CC)(CC)CN1c1cc(F)c(Br)cc1F. The van der Waals surface area contributed by atoms with Crippen LogP contribution in [0, 0.1) is 11.6 Å². The van der Waals surface area contributed by atoms with Crippen LogP contribution in [0.25, 0.3) is 0 Å². The molecule has 0 spiro atoms. The van der Waals surface area contributed by atoms with Crippen LogP contribution in [0.4, 0.5) is 14.5 Å². The summed E-state index contributed by atoms with van der Waals surface area (Å²) in [6, 6.07) is 2.72. The minimum atomic E-state index is -0.418. The zero-order valence-electron chi connectivity index (χ0n) is 12.8. The Morgan fingerprint density at radius 1 is 1.24 bits per heavy atom. The van der Waals surface area contributed by atoms with E-state index in [0.717, 1.165) is 25.8 Å². The number of anilines is 1. The molecule has 21 heavy (non-hydrogen) atoms. The fourth-order valence-corrected chi connectivity index (χ4v) is 3.37. The van der Waals surface area contributed by atoms with Gasteiger partial charge in [0.1, 0.15) is 11.6 Å². The van der Waals surface area contributed by atoms with Crippen molar-refractivity contribution < 1.29 is 8.78 Å². The lowest BCUT2D eigenvalue weighted by Gasteiger charge is -2.48. The number of hydrogen-bond donors (Lipinski definition) is 1. The summed E-state index contributed by atoms with van der Waals surface area (Å²) in [6.45, 7) is 7.86. The van der Waals surface area contributed by atoms with Crippen molar-refractivity contribution in [3.63, 3.8) is 0 Å². The molecule has 0 saturated carbocycles. The first-order valence-corrected chi connectivity index (χ1v) is 8.41. The maximum absolute atomic E-state index is 14.3. The van der Waals surface area contributed by atoms with Crippen LogP contribution >= 0.6 is 15.9 Å². The van der Waals surface area contributed by atoms with Crippen molar-refractivity contribution in [3.8, 4) is 0 Å². The van der Waals surface area contributed by atoms with Crippen LogP contribution in [0.3, 0.4) is 0 Å². The summed E-state index contributed by atoms with van der Waals surface area (Å²) in [5, 5.41) is 3.61. The summed E-state index contributed by atoms with van der Waals surface area (Å²) < 4.78 is 28.3. The third-order valence-electron chi connectivity index (χ3n) is 4.75. The molecule has 1 unspecified atom stereocenters. The van der Waals surface area contributed by atoms with Gasteiger partial charge in [-0.05, 0) is 41.3 Å². The van der Waals surface area contributed by atoms with Crippen LogP contribution in [0.2, 0.25) is 0 Å². The van der Waals surface area contributed by atoms with Gasteiger partial charge >= 0.3 is 0 Å². The highest BCUT2D eigenvalue weighted by Gasteiger charge is 2.37. The topological polar surface area (TPSA) is 15.3 Å². The van der Waals surface area contributed by atoms with E-state index in [0.29, 0.717) is 12.2 Å². The first-order chi connectivity index (χ1) is 9.96. The van der Waals surface area contributed by atoms with Gasteiger partial charge in [-0.2, -0.15) is 0 Å². The smallest absolute Gasteiger partial charge is 0.147 e. The summed E-state index contributed by atoms with van der Waals surface area (Å²) in [5.41, 5.74) is 0.345. The van der Waals surface area contributed by atoms with Gasteiger partial charge in [0.05, 0.1) is 10.2 Å². The Balaban J connectivity index is 2.40. The fraction of sp³-hybridized carbons (Fsp3) is 0.625. The quantitative estimate of drug-likeness (QED) is 0.796. The van der Waals surface area contributed by atoms with Crippen LogP contribution in [0.5, 0.6) is 0 Å². The Morgan fingerprint density at radius 3 is 2.48 bits per heavy atom. The largest absolute Gasteiger partial charge is 0.363 e. The van der Waals surface area contributed by atoms with E-state index in [1.165, 1.54) is 12.1 Å². The second-order valence-electron chi connectivity index (χ2n) is 5.78. The first-order valence-electron chi connectivity index (χ1n) is 7.62. The van der Waals surface area contributed by atoms with Crippen molar-refractivity contribution in [2.24, 2.45) is 0 Å². The van der Waals surface area contributed by atoms with Gasteiger partial charge in [0, 0.05) is 30.7 Å². The van der Waals surface area contributed by atoms with E-state index < -0.39 is 5.82 Å². The molecule has 1 N–H and O–H groups in total. The van der Waals surface area contributed by atoms with Crippen LogP contribution in [0.1, 0.15) is 40.0 Å². The van der Waals surface area contributed by atoms with Gasteiger partial charge in [-0.25, -0.2) is 8.78 Å². The summed E-state index contributed by atoms with van der Waals surface area (Å²) in [4.78, 5) is 2.04. The van der Waals surface area contributed by atoms with E-state index in [4.69, 9.17) is 0 Å². The molecule has 0 amide bonds. The molecule has 1 aliphatic rings. The third-order valence-corrected chi connectivity index (χ3v) is 5.36. The number of nitrogens with one attached hydrogen (secondary N) is 1. The van der Waals surface area contributed by atoms with Crippen molar-refractivity contribution in [1.82, 2.24) is 5.32 Å². The highest BCUT2D eigenvalue weighted by atomic mass is 79.9. The minimum Gasteiger partial charge on any atom is -0.363 e. The number of hydrogen-bond acceptors (Lipinski definition) is 2. The van der Waals surface area contributed by atoms with E-state index in [-0.39, 0.29) is 21.9 Å². The van der Waals surface area contributed by atoms with Gasteiger partial charge in [0.2, 0.25) is 0 Å². The zero-order valence-corrected chi connectivity index (χ0v) is 14.4. The molecular formula is C16H23BrF2N2. The van der Waals surface area contributed by atoms with E-state index in [1.54, 1.807) is 0 Å². The van der Waals surface area contributed by atoms with Gasteiger partial charge in [0.25, 0.3) is 0 Å². The normalized spacial score (nSPS) is 21.6. The molecule has 2 rings (SSSR count). The van der Waals surface area contributed by atoms with Crippen LogP contribution in [-0.4, -0.2) is 24.7 Å². The summed E-state index contributed by atoms with van der Waals surface area (Å²) >= 11 is 3.04. The van der Waals surface area contributed by atoms with E-state index in [9.17, 15) is 8.78 Å². The second-order valence-corrected chi connectivity index (χ2v) is 6.63. The average molecular weight is 361 g/mol. The second kappa shape index (κ2) is 6.61. The molecule has 1 aliphatic heterocycles. The molecule has 0 aliphatic carbocycles. The van der Waals surface area contributed by atoms with Crippen LogP contribution in [-0.2, 0) is 0 Å². The molecule has 1 atom stereocenters. The number of rotatable bonds is 4. The molecule has 118 valence electrons. The maximum atomic E-state index is 14.3. The van der Waals surface area contributed by atoms with Gasteiger partial charge < -0.3 is 10.2 Å². The van der Waals surface area contributed by atoms with Crippen molar-refractivity contribution >= 4 is 21.6 Å². The molecular weight excluding hydrogens is 338 g/mol. The van der Waals surface area contributed by atoms with Crippen molar-refractivity contribution in [3.05, 3.63) is 28.2 Å². The predicted molar refractivity (Wildman–Crippen MR) is 86.8 cm³/mol. The lowest BCUT2D eigenvalue weighted by molar-refractivity contribution is 0.245. The summed E-state index contributed by atoms with van der Waals surface area (Å²) in [7, 11) is 0. The standard InChI is InChI=1S/C16H23BrF2N2/c1-4-11-9-20-16(5-2,6-3)10-21(11)15-8-13(18)12(17)7-14(15)19/h7-8,11,20H,4-6,9-10H2,1-3H3. The molecule has 1 aromatic rings. The zero-order chi connectivity index (χ0) is 15.6. The molecule has 5 heteroatoms. The van der Waals surface area contributed by atoms with Crippen molar-refractivity contribution in [2.45, 2.75) is 51.6 Å². The minimum absolute atomic E-state index is 0.0261. The number of halogens is 3. The third kappa shape index (κ3) is 3.24. The Bertz CT molecular complexity index is 503. The lowest BCUT2D eigenvalue weighted by atomic mass is 9.87. The van der Waals surface area contributed by atoms with Crippen LogP contribution < -0.4 is 10.2 Å². The monoisotopic (exact) mass is 360 g/mol. The molecule has 1 saturated heterocycles. The molecule has 1 fully saturated rings.